The molecular weight excluding hydrogens is 301 g/mol. The lowest BCUT2D eigenvalue weighted by Crippen LogP contribution is -2.41. The molecule has 0 spiro atoms. The van der Waals surface area contributed by atoms with E-state index in [1.807, 2.05) is 6.07 Å². The third-order valence-electron chi connectivity index (χ3n) is 5.73. The second-order valence-electron chi connectivity index (χ2n) is 8.29. The molecule has 2 unspecified atom stereocenters. The molecule has 0 radical (unpaired) electrons. The number of hydrogen-bond acceptors (Lipinski definition) is 4. The molecule has 24 heavy (non-hydrogen) atoms. The van der Waals surface area contributed by atoms with Gasteiger partial charge in [-0.05, 0) is 64.2 Å². The molecule has 0 amide bonds. The Morgan fingerprint density at radius 3 is 2.50 bits per heavy atom. The number of rotatable bonds is 2. The molecule has 2 aromatic rings. The van der Waals surface area contributed by atoms with Crippen molar-refractivity contribution in [3.8, 4) is 0 Å². The summed E-state index contributed by atoms with van der Waals surface area (Å²) in [5, 5.41) is 3.53. The molecular formula is C18H26BN3O2. The van der Waals surface area contributed by atoms with Crippen molar-refractivity contribution in [3.05, 3.63) is 24.0 Å². The van der Waals surface area contributed by atoms with Gasteiger partial charge in [-0.1, -0.05) is 13.0 Å². The maximum Gasteiger partial charge on any atom is 0.494 e. The first-order chi connectivity index (χ1) is 11.2. The standard InChI is InChI=1S/C18H26BN3O2/c1-11-8-15(20-10-11)16-21-13-7-6-12(9-14(13)22-16)19-23-17(2,3)18(4,5)24-19/h6-7,9,11,15,20H,8,10H2,1-5H3,(H,21,22). The Morgan fingerprint density at radius 2 is 1.88 bits per heavy atom. The molecule has 0 saturated carbocycles. The smallest absolute Gasteiger partial charge is 0.399 e. The second kappa shape index (κ2) is 5.31. The second-order valence-corrected chi connectivity index (χ2v) is 8.29. The zero-order valence-electron chi connectivity index (χ0n) is 15.1. The maximum absolute atomic E-state index is 6.15. The molecule has 2 saturated heterocycles. The van der Waals surface area contributed by atoms with E-state index >= 15 is 0 Å². The Bertz CT molecular complexity index is 755. The fraction of sp³-hybridized carbons (Fsp3) is 0.611. The minimum absolute atomic E-state index is 0.324. The summed E-state index contributed by atoms with van der Waals surface area (Å²) in [6.07, 6.45) is 1.13. The first kappa shape index (κ1) is 16.1. The molecule has 1 aromatic carbocycles. The number of nitrogens with zero attached hydrogens (tertiary/aromatic N) is 1. The Hall–Kier alpha value is -1.37. The van der Waals surface area contributed by atoms with E-state index in [0.717, 1.165) is 35.3 Å². The van der Waals surface area contributed by atoms with Gasteiger partial charge in [-0.15, -0.1) is 0 Å². The lowest BCUT2D eigenvalue weighted by molar-refractivity contribution is 0.00578. The van der Waals surface area contributed by atoms with Gasteiger partial charge in [-0.25, -0.2) is 4.98 Å². The summed E-state index contributed by atoms with van der Waals surface area (Å²) in [5.41, 5.74) is 2.42. The number of aromatic amines is 1. The van der Waals surface area contributed by atoms with Gasteiger partial charge in [0.2, 0.25) is 0 Å². The van der Waals surface area contributed by atoms with Crippen LogP contribution in [0.4, 0.5) is 0 Å². The van der Waals surface area contributed by atoms with Crippen LogP contribution in [0.5, 0.6) is 0 Å². The van der Waals surface area contributed by atoms with Crippen molar-refractivity contribution in [1.82, 2.24) is 15.3 Å². The van der Waals surface area contributed by atoms with E-state index in [4.69, 9.17) is 14.3 Å². The van der Waals surface area contributed by atoms with Crippen LogP contribution >= 0.6 is 0 Å². The van der Waals surface area contributed by atoms with E-state index < -0.39 is 0 Å². The van der Waals surface area contributed by atoms with Crippen molar-refractivity contribution >= 4 is 23.6 Å². The lowest BCUT2D eigenvalue weighted by Gasteiger charge is -2.32. The fourth-order valence-electron chi connectivity index (χ4n) is 3.46. The van der Waals surface area contributed by atoms with Crippen LogP contribution in [0.2, 0.25) is 0 Å². The van der Waals surface area contributed by atoms with Gasteiger partial charge in [0.05, 0.1) is 28.3 Å². The van der Waals surface area contributed by atoms with Crippen LogP contribution in [0.1, 0.15) is 52.9 Å². The molecule has 2 fully saturated rings. The predicted octanol–water partition coefficient (Wildman–Crippen LogP) is 2.53. The topological polar surface area (TPSA) is 59.2 Å². The van der Waals surface area contributed by atoms with Gasteiger partial charge in [0, 0.05) is 0 Å². The average molecular weight is 327 g/mol. The molecule has 6 heteroatoms. The van der Waals surface area contributed by atoms with Crippen LogP contribution in [0.3, 0.4) is 0 Å². The number of fused-ring (bicyclic) bond motifs is 1. The first-order valence-electron chi connectivity index (χ1n) is 8.84. The highest BCUT2D eigenvalue weighted by Crippen LogP contribution is 2.36. The Morgan fingerprint density at radius 1 is 1.17 bits per heavy atom. The predicted molar refractivity (Wildman–Crippen MR) is 96.3 cm³/mol. The number of aromatic nitrogens is 2. The van der Waals surface area contributed by atoms with Crippen molar-refractivity contribution < 1.29 is 9.31 Å². The third kappa shape index (κ3) is 2.57. The summed E-state index contributed by atoms with van der Waals surface area (Å²) in [7, 11) is -0.337. The van der Waals surface area contributed by atoms with E-state index in [2.05, 4.69) is 57.1 Å². The zero-order chi connectivity index (χ0) is 17.1. The summed E-state index contributed by atoms with van der Waals surface area (Å²) in [6, 6.07) is 6.54. The number of nitrogens with one attached hydrogen (secondary N) is 2. The summed E-state index contributed by atoms with van der Waals surface area (Å²) < 4.78 is 12.3. The van der Waals surface area contributed by atoms with Gasteiger partial charge in [0.25, 0.3) is 0 Å². The summed E-state index contributed by atoms with van der Waals surface area (Å²) >= 11 is 0. The monoisotopic (exact) mass is 327 g/mol. The third-order valence-corrected chi connectivity index (χ3v) is 5.73. The molecule has 3 heterocycles. The van der Waals surface area contributed by atoms with E-state index in [1.165, 1.54) is 0 Å². The summed E-state index contributed by atoms with van der Waals surface area (Å²) in [4.78, 5) is 8.23. The molecule has 2 aliphatic rings. The Labute approximate surface area is 143 Å². The molecule has 2 aliphatic heterocycles. The van der Waals surface area contributed by atoms with Crippen LogP contribution < -0.4 is 10.8 Å². The molecule has 0 aliphatic carbocycles. The first-order valence-corrected chi connectivity index (χ1v) is 8.84. The highest BCUT2D eigenvalue weighted by molar-refractivity contribution is 6.62. The van der Waals surface area contributed by atoms with Crippen LogP contribution in [-0.2, 0) is 9.31 Å². The van der Waals surface area contributed by atoms with Crippen LogP contribution in [0, 0.1) is 5.92 Å². The number of imidazole rings is 1. The van der Waals surface area contributed by atoms with E-state index in [-0.39, 0.29) is 18.3 Å². The average Bonchev–Trinajstić information content (AvgIpc) is 3.15. The SMILES string of the molecule is CC1CNC(c2nc3ccc(B4OC(C)(C)C(C)(C)O4)cc3[nH]2)C1. The quantitative estimate of drug-likeness (QED) is 0.832. The summed E-state index contributed by atoms with van der Waals surface area (Å²) in [6.45, 7) is 11.6. The zero-order valence-corrected chi connectivity index (χ0v) is 15.1. The highest BCUT2D eigenvalue weighted by Gasteiger charge is 2.51. The van der Waals surface area contributed by atoms with E-state index in [9.17, 15) is 0 Å². The van der Waals surface area contributed by atoms with Gasteiger partial charge in [-0.3, -0.25) is 0 Å². The molecule has 5 nitrogen and oxygen atoms in total. The number of hydrogen-bond donors (Lipinski definition) is 2. The summed E-state index contributed by atoms with van der Waals surface area (Å²) in [5.74, 6) is 1.73. The van der Waals surface area contributed by atoms with Gasteiger partial charge in [-0.2, -0.15) is 0 Å². The Kier molecular flexibility index (Phi) is 3.57. The van der Waals surface area contributed by atoms with Crippen LogP contribution in [0.25, 0.3) is 11.0 Å². The van der Waals surface area contributed by atoms with Crippen LogP contribution in [0.15, 0.2) is 18.2 Å². The molecule has 128 valence electrons. The normalized spacial score (nSPS) is 28.8. The van der Waals surface area contributed by atoms with Gasteiger partial charge in [0.15, 0.2) is 0 Å². The maximum atomic E-state index is 6.15. The number of benzene rings is 1. The largest absolute Gasteiger partial charge is 0.494 e. The molecule has 1 aromatic heterocycles. The van der Waals surface area contributed by atoms with E-state index in [0.29, 0.717) is 12.0 Å². The lowest BCUT2D eigenvalue weighted by atomic mass is 9.79. The van der Waals surface area contributed by atoms with Gasteiger partial charge >= 0.3 is 7.12 Å². The van der Waals surface area contributed by atoms with Crippen molar-refractivity contribution in [2.75, 3.05) is 6.54 Å². The van der Waals surface area contributed by atoms with Crippen molar-refractivity contribution in [3.63, 3.8) is 0 Å². The van der Waals surface area contributed by atoms with Crippen LogP contribution in [-0.4, -0.2) is 34.8 Å². The van der Waals surface area contributed by atoms with Crippen molar-refractivity contribution in [2.45, 2.75) is 58.3 Å². The highest BCUT2D eigenvalue weighted by atomic mass is 16.7. The fourth-order valence-corrected chi connectivity index (χ4v) is 3.46. The van der Waals surface area contributed by atoms with E-state index in [1.54, 1.807) is 0 Å². The van der Waals surface area contributed by atoms with Gasteiger partial charge < -0.3 is 19.6 Å². The minimum Gasteiger partial charge on any atom is -0.399 e. The molecule has 2 atom stereocenters. The van der Waals surface area contributed by atoms with Gasteiger partial charge in [0.1, 0.15) is 5.82 Å². The number of H-pyrrole nitrogens is 1. The minimum atomic E-state index is -0.337. The molecule has 0 bridgehead atoms. The molecule has 2 N–H and O–H groups in total. The van der Waals surface area contributed by atoms with Crippen molar-refractivity contribution in [1.29, 1.82) is 0 Å². The Balaban J connectivity index is 1.62. The molecule has 4 rings (SSSR count). The van der Waals surface area contributed by atoms with Crippen molar-refractivity contribution in [2.24, 2.45) is 5.92 Å².